The fourth-order valence-electron chi connectivity index (χ4n) is 2.90. The molecule has 1 aromatic heterocycles. The number of ether oxygens (including phenoxy) is 2. The van der Waals surface area contributed by atoms with Gasteiger partial charge in [-0.2, -0.15) is 0 Å². The van der Waals surface area contributed by atoms with Crippen LogP contribution in [0.2, 0.25) is 0 Å². The number of carbonyl (C=O) groups excluding carboxylic acids is 1. The van der Waals surface area contributed by atoms with Gasteiger partial charge in [-0.3, -0.25) is 4.79 Å². The van der Waals surface area contributed by atoms with Gasteiger partial charge in [0.05, 0.1) is 25.3 Å². The van der Waals surface area contributed by atoms with Crippen LogP contribution in [-0.2, 0) is 10.2 Å². The van der Waals surface area contributed by atoms with Gasteiger partial charge in [-0.05, 0) is 43.9 Å². The summed E-state index contributed by atoms with van der Waals surface area (Å²) >= 11 is 0. The molecule has 1 N–H and O–H groups in total. The highest BCUT2D eigenvalue weighted by Gasteiger charge is 2.54. The molecule has 2 aromatic rings. The number of rotatable bonds is 6. The second-order valence-electron chi connectivity index (χ2n) is 6.48. The van der Waals surface area contributed by atoms with Gasteiger partial charge in [0.2, 0.25) is 5.91 Å². The van der Waals surface area contributed by atoms with E-state index in [1.165, 1.54) is 0 Å². The maximum absolute atomic E-state index is 12.5. The number of amides is 1. The summed E-state index contributed by atoms with van der Waals surface area (Å²) in [5.74, 6) is 1.98. The average molecular weight is 328 g/mol. The zero-order valence-corrected chi connectivity index (χ0v) is 13.8. The van der Waals surface area contributed by atoms with Crippen LogP contribution >= 0.6 is 0 Å². The van der Waals surface area contributed by atoms with Gasteiger partial charge in [-0.1, -0.05) is 5.16 Å². The monoisotopic (exact) mass is 328 g/mol. The summed E-state index contributed by atoms with van der Waals surface area (Å²) in [6, 6.07) is 7.76. The Morgan fingerprint density at radius 2 is 1.96 bits per heavy atom. The van der Waals surface area contributed by atoms with Crippen molar-refractivity contribution < 1.29 is 18.8 Å². The first kappa shape index (κ1) is 15.1. The smallest absolute Gasteiger partial charge is 0.232 e. The van der Waals surface area contributed by atoms with Crippen LogP contribution in [0.4, 0.5) is 0 Å². The Bertz CT molecular complexity index is 775. The average Bonchev–Trinajstić information content (AvgIpc) is 3.53. The van der Waals surface area contributed by atoms with Crippen molar-refractivity contribution in [3.05, 3.63) is 30.0 Å². The SMILES string of the molecule is COc1ccc(-c2cc(C3(C(=O)NC4CC4)CC3)no2)cc1OC. The normalized spacial score (nSPS) is 18.1. The molecule has 0 bridgehead atoms. The molecule has 0 saturated heterocycles. The Labute approximate surface area is 140 Å². The molecular formula is C18H20N2O4. The van der Waals surface area contributed by atoms with E-state index in [1.54, 1.807) is 14.2 Å². The second-order valence-corrected chi connectivity index (χ2v) is 6.48. The third-order valence-corrected chi connectivity index (χ3v) is 4.77. The Hall–Kier alpha value is -2.50. The van der Waals surface area contributed by atoms with E-state index in [2.05, 4.69) is 10.5 Å². The highest BCUT2D eigenvalue weighted by molar-refractivity contribution is 5.91. The summed E-state index contributed by atoms with van der Waals surface area (Å²) < 4.78 is 16.1. The van der Waals surface area contributed by atoms with Crippen LogP contribution in [0.15, 0.2) is 28.8 Å². The molecule has 6 nitrogen and oxygen atoms in total. The first-order chi connectivity index (χ1) is 11.7. The molecule has 0 radical (unpaired) electrons. The van der Waals surface area contributed by atoms with Crippen molar-refractivity contribution in [2.75, 3.05) is 14.2 Å². The molecule has 0 spiro atoms. The molecule has 2 fully saturated rings. The Morgan fingerprint density at radius 3 is 2.58 bits per heavy atom. The van der Waals surface area contributed by atoms with Crippen molar-refractivity contribution >= 4 is 5.91 Å². The highest BCUT2D eigenvalue weighted by Crippen LogP contribution is 2.49. The number of carbonyl (C=O) groups is 1. The van der Waals surface area contributed by atoms with Crippen molar-refractivity contribution in [3.8, 4) is 22.8 Å². The van der Waals surface area contributed by atoms with Crippen LogP contribution in [0, 0.1) is 0 Å². The maximum Gasteiger partial charge on any atom is 0.232 e. The molecule has 6 heteroatoms. The summed E-state index contributed by atoms with van der Waals surface area (Å²) in [6.45, 7) is 0. The van der Waals surface area contributed by atoms with Crippen molar-refractivity contribution in [2.45, 2.75) is 37.1 Å². The minimum absolute atomic E-state index is 0.0807. The Kier molecular flexibility index (Phi) is 3.48. The molecule has 1 amide bonds. The van der Waals surface area contributed by atoms with Crippen LogP contribution in [-0.4, -0.2) is 31.3 Å². The Morgan fingerprint density at radius 1 is 1.21 bits per heavy atom. The highest BCUT2D eigenvalue weighted by atomic mass is 16.5. The predicted molar refractivity (Wildman–Crippen MR) is 87.1 cm³/mol. The number of benzene rings is 1. The number of aromatic nitrogens is 1. The van der Waals surface area contributed by atoms with Gasteiger partial charge in [0.15, 0.2) is 17.3 Å². The minimum Gasteiger partial charge on any atom is -0.493 e. The second kappa shape index (κ2) is 5.54. The van der Waals surface area contributed by atoms with E-state index in [-0.39, 0.29) is 5.91 Å². The van der Waals surface area contributed by atoms with E-state index < -0.39 is 5.41 Å². The third kappa shape index (κ3) is 2.52. The Balaban J connectivity index is 1.59. The number of nitrogens with zero attached hydrogens (tertiary/aromatic N) is 1. The number of hydrogen-bond acceptors (Lipinski definition) is 5. The van der Waals surface area contributed by atoms with Crippen molar-refractivity contribution in [3.63, 3.8) is 0 Å². The molecule has 0 aliphatic heterocycles. The van der Waals surface area contributed by atoms with E-state index in [9.17, 15) is 4.79 Å². The fraction of sp³-hybridized carbons (Fsp3) is 0.444. The van der Waals surface area contributed by atoms with Crippen LogP contribution in [0.3, 0.4) is 0 Å². The van der Waals surface area contributed by atoms with E-state index in [0.29, 0.717) is 29.0 Å². The third-order valence-electron chi connectivity index (χ3n) is 4.77. The molecular weight excluding hydrogens is 308 g/mol. The van der Waals surface area contributed by atoms with E-state index in [0.717, 1.165) is 31.2 Å². The molecule has 1 aromatic carbocycles. The molecule has 0 unspecified atom stereocenters. The largest absolute Gasteiger partial charge is 0.493 e. The molecule has 1 heterocycles. The van der Waals surface area contributed by atoms with E-state index in [4.69, 9.17) is 14.0 Å². The molecule has 2 aliphatic carbocycles. The fourth-order valence-corrected chi connectivity index (χ4v) is 2.90. The maximum atomic E-state index is 12.5. The standard InChI is InChI=1S/C18H20N2O4/c1-22-13-6-3-11(9-15(13)23-2)14-10-16(20-24-14)18(7-8-18)17(21)19-12-4-5-12/h3,6,9-10,12H,4-5,7-8H2,1-2H3,(H,19,21). The number of hydrogen-bond donors (Lipinski definition) is 1. The van der Waals surface area contributed by atoms with Crippen molar-refractivity contribution in [1.82, 2.24) is 10.5 Å². The van der Waals surface area contributed by atoms with Crippen LogP contribution < -0.4 is 14.8 Å². The summed E-state index contributed by atoms with van der Waals surface area (Å²) in [4.78, 5) is 12.5. The molecule has 126 valence electrons. The molecule has 4 rings (SSSR count). The first-order valence-corrected chi connectivity index (χ1v) is 8.17. The zero-order valence-electron chi connectivity index (χ0n) is 13.8. The van der Waals surface area contributed by atoms with Gasteiger partial charge < -0.3 is 19.3 Å². The molecule has 0 atom stereocenters. The van der Waals surface area contributed by atoms with Gasteiger partial charge in [0, 0.05) is 17.7 Å². The molecule has 24 heavy (non-hydrogen) atoms. The lowest BCUT2D eigenvalue weighted by molar-refractivity contribution is -0.123. The zero-order chi connectivity index (χ0) is 16.7. The van der Waals surface area contributed by atoms with Gasteiger partial charge in [-0.15, -0.1) is 0 Å². The summed E-state index contributed by atoms with van der Waals surface area (Å²) in [6.07, 6.45) is 3.81. The van der Waals surface area contributed by atoms with Gasteiger partial charge in [-0.25, -0.2) is 0 Å². The summed E-state index contributed by atoms with van der Waals surface area (Å²) in [5.41, 5.74) is 1.05. The summed E-state index contributed by atoms with van der Waals surface area (Å²) in [5, 5.41) is 7.25. The lowest BCUT2D eigenvalue weighted by atomic mass is 10.00. The van der Waals surface area contributed by atoms with Gasteiger partial charge in [0.1, 0.15) is 0 Å². The molecule has 2 aliphatic rings. The van der Waals surface area contributed by atoms with E-state index in [1.807, 2.05) is 24.3 Å². The molecule has 2 saturated carbocycles. The predicted octanol–water partition coefficient (Wildman–Crippen LogP) is 2.67. The number of nitrogens with one attached hydrogen (secondary N) is 1. The van der Waals surface area contributed by atoms with Gasteiger partial charge >= 0.3 is 0 Å². The topological polar surface area (TPSA) is 73.6 Å². The van der Waals surface area contributed by atoms with Crippen LogP contribution in [0.1, 0.15) is 31.4 Å². The lowest BCUT2D eigenvalue weighted by Gasteiger charge is -2.11. The van der Waals surface area contributed by atoms with Gasteiger partial charge in [0.25, 0.3) is 0 Å². The quantitative estimate of drug-likeness (QED) is 0.882. The summed E-state index contributed by atoms with van der Waals surface area (Å²) in [7, 11) is 3.19. The van der Waals surface area contributed by atoms with Crippen LogP contribution in [0.25, 0.3) is 11.3 Å². The lowest BCUT2D eigenvalue weighted by Crippen LogP contribution is -2.36. The van der Waals surface area contributed by atoms with E-state index >= 15 is 0 Å². The minimum atomic E-state index is -0.499. The van der Waals surface area contributed by atoms with Crippen molar-refractivity contribution in [1.29, 1.82) is 0 Å². The first-order valence-electron chi connectivity index (χ1n) is 8.17. The number of methoxy groups -OCH3 is 2. The van der Waals surface area contributed by atoms with Crippen LogP contribution in [0.5, 0.6) is 11.5 Å². The van der Waals surface area contributed by atoms with Crippen molar-refractivity contribution in [2.24, 2.45) is 0 Å².